The first-order chi connectivity index (χ1) is 20.1. The second-order valence-electron chi connectivity index (χ2n) is 9.65. The minimum absolute atomic E-state index is 0.0439. The van der Waals surface area contributed by atoms with E-state index in [9.17, 15) is 31.2 Å². The zero-order valence-corrected chi connectivity index (χ0v) is 26.3. The zero-order valence-electron chi connectivity index (χ0n) is 23.2. The summed E-state index contributed by atoms with van der Waals surface area (Å²) in [5.74, 6) is -1.39. The molecule has 3 aromatic carbocycles. The van der Waals surface area contributed by atoms with Crippen LogP contribution in [-0.4, -0.2) is 50.5 Å². The summed E-state index contributed by atoms with van der Waals surface area (Å²) in [6.07, 6.45) is -3.48. The molecule has 232 valence electrons. The van der Waals surface area contributed by atoms with E-state index in [1.165, 1.54) is 0 Å². The van der Waals surface area contributed by atoms with Gasteiger partial charge < -0.3 is 10.2 Å². The molecule has 0 saturated carbocycles. The van der Waals surface area contributed by atoms with Gasteiger partial charge in [0, 0.05) is 35.1 Å². The molecule has 43 heavy (non-hydrogen) atoms. The van der Waals surface area contributed by atoms with Crippen molar-refractivity contribution in [3.63, 3.8) is 0 Å². The van der Waals surface area contributed by atoms with E-state index in [4.69, 9.17) is 34.8 Å². The minimum Gasteiger partial charge on any atom is -0.354 e. The molecule has 3 aromatic rings. The number of nitrogens with one attached hydrogen (secondary N) is 1. The van der Waals surface area contributed by atoms with Gasteiger partial charge in [0.1, 0.15) is 12.6 Å². The van der Waals surface area contributed by atoms with Crippen molar-refractivity contribution in [3.05, 3.63) is 98.5 Å². The fraction of sp³-hybridized carbons (Fsp3) is 0.310. The first-order valence-electron chi connectivity index (χ1n) is 13.0. The van der Waals surface area contributed by atoms with Crippen molar-refractivity contribution < 1.29 is 31.2 Å². The molecule has 0 bridgehead atoms. The van der Waals surface area contributed by atoms with Crippen LogP contribution in [0.4, 0.5) is 18.9 Å². The van der Waals surface area contributed by atoms with E-state index >= 15 is 0 Å². The quantitative estimate of drug-likeness (QED) is 0.234. The predicted octanol–water partition coefficient (Wildman–Crippen LogP) is 6.60. The highest BCUT2D eigenvalue weighted by Crippen LogP contribution is 2.37. The van der Waals surface area contributed by atoms with E-state index in [0.717, 1.165) is 23.3 Å². The first-order valence-corrected chi connectivity index (χ1v) is 16.0. The summed E-state index contributed by atoms with van der Waals surface area (Å²) in [5, 5.41) is 2.54. The van der Waals surface area contributed by atoms with E-state index in [1.807, 2.05) is 6.92 Å². The lowest BCUT2D eigenvalue weighted by Gasteiger charge is -2.34. The molecule has 14 heteroatoms. The maximum Gasteiger partial charge on any atom is 0.417 e. The van der Waals surface area contributed by atoms with Gasteiger partial charge in [0.2, 0.25) is 21.8 Å². The fourth-order valence-corrected chi connectivity index (χ4v) is 5.86. The molecule has 0 fully saturated rings. The number of hydrogen-bond donors (Lipinski definition) is 1. The number of sulfonamides is 1. The molecule has 0 aromatic heterocycles. The number of alkyl halides is 3. The van der Waals surface area contributed by atoms with Crippen molar-refractivity contribution in [2.75, 3.05) is 23.7 Å². The second-order valence-corrected chi connectivity index (χ2v) is 12.8. The average Bonchev–Trinajstić information content (AvgIpc) is 2.93. The number of nitrogens with zero attached hydrogens (tertiary/aromatic N) is 2. The number of carbonyl (C=O) groups excluding carboxylic acids is 2. The summed E-state index contributed by atoms with van der Waals surface area (Å²) in [7, 11) is -4.31. The molecule has 2 amide bonds. The van der Waals surface area contributed by atoms with Crippen molar-refractivity contribution in [2.24, 2.45) is 0 Å². The third kappa shape index (κ3) is 9.25. The molecule has 0 spiro atoms. The Hall–Kier alpha value is -2.99. The van der Waals surface area contributed by atoms with Crippen LogP contribution in [0.25, 0.3) is 0 Å². The number of hydrogen-bond acceptors (Lipinski definition) is 4. The van der Waals surface area contributed by atoms with Crippen molar-refractivity contribution in [2.45, 2.75) is 38.5 Å². The largest absolute Gasteiger partial charge is 0.417 e. The van der Waals surface area contributed by atoms with Crippen LogP contribution >= 0.6 is 34.8 Å². The molecule has 1 unspecified atom stereocenters. The summed E-state index contributed by atoms with van der Waals surface area (Å²) in [6.45, 7) is 0.941. The number of carbonyl (C=O) groups is 2. The molecule has 1 atom stereocenters. The Morgan fingerprint density at radius 1 is 0.930 bits per heavy atom. The van der Waals surface area contributed by atoms with Crippen LogP contribution in [0.5, 0.6) is 0 Å². The number of amides is 2. The maximum absolute atomic E-state index is 14.1. The van der Waals surface area contributed by atoms with Crippen LogP contribution < -0.4 is 9.62 Å². The lowest BCUT2D eigenvalue weighted by molar-refractivity contribution is -0.140. The lowest BCUT2D eigenvalue weighted by Crippen LogP contribution is -2.53. The molecule has 0 aliphatic carbocycles. The van der Waals surface area contributed by atoms with E-state index in [1.54, 1.807) is 48.5 Å². The van der Waals surface area contributed by atoms with Gasteiger partial charge in [-0.1, -0.05) is 78.1 Å². The second kappa shape index (κ2) is 14.7. The maximum atomic E-state index is 14.1. The van der Waals surface area contributed by atoms with Crippen molar-refractivity contribution in [3.8, 4) is 0 Å². The van der Waals surface area contributed by atoms with Crippen LogP contribution in [0.3, 0.4) is 0 Å². The van der Waals surface area contributed by atoms with Gasteiger partial charge in [0.25, 0.3) is 0 Å². The summed E-state index contributed by atoms with van der Waals surface area (Å²) in [5.41, 5.74) is -0.696. The highest BCUT2D eigenvalue weighted by molar-refractivity contribution is 7.92. The number of benzene rings is 3. The highest BCUT2D eigenvalue weighted by Gasteiger charge is 2.36. The van der Waals surface area contributed by atoms with Gasteiger partial charge in [-0.3, -0.25) is 13.9 Å². The Morgan fingerprint density at radius 2 is 1.56 bits per heavy atom. The molecular weight excluding hydrogens is 650 g/mol. The molecule has 0 heterocycles. The highest BCUT2D eigenvalue weighted by atomic mass is 35.5. The van der Waals surface area contributed by atoms with Gasteiger partial charge in [0.15, 0.2) is 0 Å². The number of rotatable bonds is 12. The molecule has 0 radical (unpaired) electrons. The summed E-state index contributed by atoms with van der Waals surface area (Å²) in [4.78, 5) is 28.7. The fourth-order valence-electron chi connectivity index (χ4n) is 4.27. The summed E-state index contributed by atoms with van der Waals surface area (Å²) >= 11 is 18.6. The predicted molar refractivity (Wildman–Crippen MR) is 163 cm³/mol. The third-order valence-electron chi connectivity index (χ3n) is 6.43. The Morgan fingerprint density at radius 3 is 2.12 bits per heavy atom. The van der Waals surface area contributed by atoms with Gasteiger partial charge in [0.05, 0.1) is 22.5 Å². The molecular formula is C29H29Cl3F3N3O4S. The van der Waals surface area contributed by atoms with Crippen LogP contribution in [0.2, 0.25) is 15.1 Å². The Balaban J connectivity index is 2.13. The minimum atomic E-state index is -4.88. The molecule has 0 aliphatic heterocycles. The molecule has 1 N–H and O–H groups in total. The Kier molecular flexibility index (Phi) is 11.8. The van der Waals surface area contributed by atoms with Gasteiger partial charge >= 0.3 is 6.18 Å². The smallest absolute Gasteiger partial charge is 0.354 e. The molecule has 0 saturated heterocycles. The Bertz CT molecular complexity index is 1540. The summed E-state index contributed by atoms with van der Waals surface area (Å²) in [6, 6.07) is 14.9. The van der Waals surface area contributed by atoms with Crippen molar-refractivity contribution >= 4 is 62.3 Å². The molecule has 7 nitrogen and oxygen atoms in total. The molecule has 3 rings (SSSR count). The van der Waals surface area contributed by atoms with Gasteiger partial charge in [-0.15, -0.1) is 0 Å². The van der Waals surface area contributed by atoms with E-state index in [2.05, 4.69) is 5.32 Å². The van der Waals surface area contributed by atoms with Crippen LogP contribution in [0.1, 0.15) is 30.0 Å². The monoisotopic (exact) mass is 677 g/mol. The number of anilines is 1. The van der Waals surface area contributed by atoms with Gasteiger partial charge in [-0.2, -0.15) is 13.2 Å². The SMILES string of the molecule is CCCNC(=O)C(Cc1ccccc1)N(Cc1c(Cl)cccc1Cl)C(=O)CN(c1ccc(Cl)c(C(F)(F)F)c1)S(C)(=O)=O. The number of halogens is 6. The molecule has 0 aliphatic rings. The van der Waals surface area contributed by atoms with Crippen LogP contribution in [-0.2, 0) is 38.8 Å². The summed E-state index contributed by atoms with van der Waals surface area (Å²) < 4.78 is 67.1. The van der Waals surface area contributed by atoms with Crippen LogP contribution in [0.15, 0.2) is 66.7 Å². The Labute approximate surface area is 263 Å². The van der Waals surface area contributed by atoms with E-state index in [0.29, 0.717) is 34.5 Å². The lowest BCUT2D eigenvalue weighted by atomic mass is 10.0. The first kappa shape index (κ1) is 34.5. The zero-order chi connectivity index (χ0) is 31.9. The topological polar surface area (TPSA) is 86.8 Å². The van der Waals surface area contributed by atoms with Gasteiger partial charge in [-0.25, -0.2) is 8.42 Å². The average molecular weight is 679 g/mol. The van der Waals surface area contributed by atoms with Crippen molar-refractivity contribution in [1.82, 2.24) is 10.2 Å². The standard InChI is InChI=1S/C29H29Cl3F3N3O4S/c1-3-14-36-28(40)26(15-19-8-5-4-6-9-19)37(17-21-23(30)10-7-11-24(21)31)27(39)18-38(43(2,41)42)20-12-13-25(32)22(16-20)29(33,34)35/h4-13,16,26H,3,14-15,17-18H2,1-2H3,(H,36,40). The van der Waals surface area contributed by atoms with Crippen molar-refractivity contribution in [1.29, 1.82) is 0 Å². The van der Waals surface area contributed by atoms with Gasteiger partial charge in [-0.05, 0) is 42.3 Å². The van der Waals surface area contributed by atoms with E-state index in [-0.39, 0.29) is 23.0 Å². The van der Waals surface area contributed by atoms with Crippen LogP contribution in [0, 0.1) is 0 Å². The van der Waals surface area contributed by atoms with E-state index < -0.39 is 56.9 Å². The normalized spacial score (nSPS) is 12.5. The third-order valence-corrected chi connectivity index (χ3v) is 8.61.